The largest absolute Gasteiger partial charge is 0.481 e. The summed E-state index contributed by atoms with van der Waals surface area (Å²) in [5.74, 6) is 0.466. The number of carboxylic acids is 1. The van der Waals surface area contributed by atoms with Crippen LogP contribution in [0.15, 0.2) is 16.5 Å². The molecule has 1 aliphatic heterocycles. The Bertz CT molecular complexity index is 525. The molecule has 1 aliphatic rings. The molecule has 1 aromatic heterocycles. The molecule has 1 fully saturated rings. The summed E-state index contributed by atoms with van der Waals surface area (Å²) < 4.78 is 5.45. The second-order valence-electron chi connectivity index (χ2n) is 5.88. The zero-order valence-corrected chi connectivity index (χ0v) is 12.7. The molecule has 0 aromatic carbocycles. The maximum atomic E-state index is 12.2. The number of likely N-dealkylation sites (N-methyl/N-ethyl adjacent to an activating group) is 1. The van der Waals surface area contributed by atoms with Crippen molar-refractivity contribution in [3.05, 3.63) is 23.7 Å². The molecule has 1 saturated heterocycles. The Labute approximate surface area is 124 Å². The van der Waals surface area contributed by atoms with Gasteiger partial charge in [0.05, 0.1) is 19.0 Å². The molecule has 21 heavy (non-hydrogen) atoms. The van der Waals surface area contributed by atoms with Gasteiger partial charge in [0.2, 0.25) is 5.91 Å². The maximum Gasteiger partial charge on any atom is 0.308 e. The van der Waals surface area contributed by atoms with Crippen LogP contribution >= 0.6 is 0 Å². The first-order valence-electron chi connectivity index (χ1n) is 7.11. The van der Waals surface area contributed by atoms with Crippen molar-refractivity contribution in [2.75, 3.05) is 26.7 Å². The number of furan rings is 1. The van der Waals surface area contributed by atoms with Crippen molar-refractivity contribution in [2.24, 2.45) is 11.8 Å². The van der Waals surface area contributed by atoms with E-state index in [4.69, 9.17) is 9.52 Å². The van der Waals surface area contributed by atoms with Crippen LogP contribution in [-0.2, 0) is 16.1 Å². The number of nitrogens with zero attached hydrogens (tertiary/aromatic N) is 2. The van der Waals surface area contributed by atoms with E-state index >= 15 is 0 Å². The lowest BCUT2D eigenvalue weighted by molar-refractivity contribution is -0.142. The number of carboxylic acid groups (broad SMARTS) is 1. The number of carbonyl (C=O) groups excluding carboxylic acids is 1. The molecule has 0 radical (unpaired) electrons. The third-order valence-corrected chi connectivity index (χ3v) is 3.98. The molecule has 1 aromatic rings. The van der Waals surface area contributed by atoms with Crippen LogP contribution in [0.1, 0.15) is 18.4 Å². The molecule has 2 unspecified atom stereocenters. The first kappa shape index (κ1) is 15.6. The predicted molar refractivity (Wildman–Crippen MR) is 76.6 cm³/mol. The second-order valence-corrected chi connectivity index (χ2v) is 5.88. The van der Waals surface area contributed by atoms with Crippen LogP contribution in [-0.4, -0.2) is 53.5 Å². The van der Waals surface area contributed by atoms with Gasteiger partial charge in [0.25, 0.3) is 0 Å². The highest BCUT2D eigenvalue weighted by Gasteiger charge is 2.35. The summed E-state index contributed by atoms with van der Waals surface area (Å²) in [6.07, 6.45) is 0. The van der Waals surface area contributed by atoms with E-state index in [1.807, 2.05) is 30.9 Å². The summed E-state index contributed by atoms with van der Waals surface area (Å²) in [5.41, 5.74) is 0. The molecular formula is C15H22N2O4. The Morgan fingerprint density at radius 3 is 2.67 bits per heavy atom. The second kappa shape index (κ2) is 6.30. The number of aryl methyl sites for hydroxylation is 1. The number of aliphatic carboxylic acids is 1. The van der Waals surface area contributed by atoms with Gasteiger partial charge in [0.15, 0.2) is 0 Å². The minimum absolute atomic E-state index is 0.0257. The molecule has 0 aliphatic carbocycles. The Morgan fingerprint density at radius 1 is 1.43 bits per heavy atom. The normalized spacial score (nSPS) is 22.4. The van der Waals surface area contributed by atoms with Gasteiger partial charge in [-0.05, 0) is 25.0 Å². The Kier molecular flexibility index (Phi) is 4.67. The molecule has 0 spiro atoms. The zero-order valence-electron chi connectivity index (χ0n) is 12.7. The van der Waals surface area contributed by atoms with Crippen LogP contribution in [0.3, 0.4) is 0 Å². The van der Waals surface area contributed by atoms with E-state index in [1.165, 1.54) is 0 Å². The molecule has 6 nitrogen and oxygen atoms in total. The standard InChI is InChI=1S/C15H22N2O4/c1-10-6-17(8-13(10)15(19)20)9-14(18)16(3)7-12-5-4-11(2)21-12/h4-5,10,13H,6-9H2,1-3H3,(H,19,20). The molecule has 2 heterocycles. The van der Waals surface area contributed by atoms with Crippen LogP contribution < -0.4 is 0 Å². The van der Waals surface area contributed by atoms with Crippen LogP contribution in [0.25, 0.3) is 0 Å². The first-order valence-corrected chi connectivity index (χ1v) is 7.11. The van der Waals surface area contributed by atoms with E-state index in [0.717, 1.165) is 11.5 Å². The van der Waals surface area contributed by atoms with E-state index in [9.17, 15) is 9.59 Å². The number of likely N-dealkylation sites (tertiary alicyclic amines) is 1. The van der Waals surface area contributed by atoms with Crippen molar-refractivity contribution >= 4 is 11.9 Å². The number of hydrogen-bond donors (Lipinski definition) is 1. The quantitative estimate of drug-likeness (QED) is 0.883. The smallest absolute Gasteiger partial charge is 0.308 e. The third kappa shape index (κ3) is 3.85. The number of amides is 1. The van der Waals surface area contributed by atoms with E-state index < -0.39 is 5.97 Å². The number of carbonyl (C=O) groups is 2. The average Bonchev–Trinajstić information content (AvgIpc) is 2.95. The van der Waals surface area contributed by atoms with Crippen molar-refractivity contribution in [1.29, 1.82) is 0 Å². The highest BCUT2D eigenvalue weighted by molar-refractivity contribution is 5.78. The topological polar surface area (TPSA) is 74.0 Å². The fourth-order valence-electron chi connectivity index (χ4n) is 2.72. The zero-order chi connectivity index (χ0) is 15.6. The van der Waals surface area contributed by atoms with Crippen molar-refractivity contribution in [3.8, 4) is 0 Å². The van der Waals surface area contributed by atoms with Gasteiger partial charge in [0, 0.05) is 20.1 Å². The van der Waals surface area contributed by atoms with Crippen molar-refractivity contribution in [1.82, 2.24) is 9.80 Å². The average molecular weight is 294 g/mol. The van der Waals surface area contributed by atoms with Crippen LogP contribution in [0, 0.1) is 18.8 Å². The summed E-state index contributed by atoms with van der Waals surface area (Å²) in [6, 6.07) is 3.73. The van der Waals surface area contributed by atoms with Gasteiger partial charge in [-0.2, -0.15) is 0 Å². The molecular weight excluding hydrogens is 272 g/mol. The van der Waals surface area contributed by atoms with Gasteiger partial charge >= 0.3 is 5.97 Å². The molecule has 2 rings (SSSR count). The molecule has 1 amide bonds. The van der Waals surface area contributed by atoms with Gasteiger partial charge in [-0.15, -0.1) is 0 Å². The minimum Gasteiger partial charge on any atom is -0.481 e. The summed E-state index contributed by atoms with van der Waals surface area (Å²) in [4.78, 5) is 26.8. The highest BCUT2D eigenvalue weighted by Crippen LogP contribution is 2.23. The summed E-state index contributed by atoms with van der Waals surface area (Å²) in [7, 11) is 1.73. The summed E-state index contributed by atoms with van der Waals surface area (Å²) >= 11 is 0. The van der Waals surface area contributed by atoms with E-state index in [1.54, 1.807) is 11.9 Å². The van der Waals surface area contributed by atoms with E-state index in [2.05, 4.69) is 0 Å². The fourth-order valence-corrected chi connectivity index (χ4v) is 2.72. The van der Waals surface area contributed by atoms with E-state index in [0.29, 0.717) is 19.6 Å². The van der Waals surface area contributed by atoms with Crippen LogP contribution in [0.4, 0.5) is 0 Å². The number of rotatable bonds is 5. The molecule has 2 atom stereocenters. The van der Waals surface area contributed by atoms with Crippen molar-refractivity contribution in [2.45, 2.75) is 20.4 Å². The predicted octanol–water partition coefficient (Wildman–Crippen LogP) is 1.20. The van der Waals surface area contributed by atoms with Gasteiger partial charge in [-0.25, -0.2) is 0 Å². The van der Waals surface area contributed by atoms with Crippen molar-refractivity contribution in [3.63, 3.8) is 0 Å². The minimum atomic E-state index is -0.781. The van der Waals surface area contributed by atoms with Gasteiger partial charge in [0.1, 0.15) is 11.5 Å². The highest BCUT2D eigenvalue weighted by atomic mass is 16.4. The van der Waals surface area contributed by atoms with Crippen LogP contribution in [0.2, 0.25) is 0 Å². The maximum absolute atomic E-state index is 12.2. The van der Waals surface area contributed by atoms with Crippen molar-refractivity contribution < 1.29 is 19.1 Å². The van der Waals surface area contributed by atoms with Crippen LogP contribution in [0.5, 0.6) is 0 Å². The monoisotopic (exact) mass is 294 g/mol. The van der Waals surface area contributed by atoms with E-state index in [-0.39, 0.29) is 24.3 Å². The molecule has 6 heteroatoms. The third-order valence-electron chi connectivity index (χ3n) is 3.98. The summed E-state index contributed by atoms with van der Waals surface area (Å²) in [5, 5.41) is 9.11. The van der Waals surface area contributed by atoms with Gasteiger partial charge in [-0.3, -0.25) is 14.5 Å². The molecule has 1 N–H and O–H groups in total. The van der Waals surface area contributed by atoms with Gasteiger partial charge in [-0.1, -0.05) is 6.92 Å². The molecule has 116 valence electrons. The Morgan fingerprint density at radius 2 is 2.14 bits per heavy atom. The molecule has 0 saturated carbocycles. The first-order chi connectivity index (χ1) is 9.86. The fraction of sp³-hybridized carbons (Fsp3) is 0.600. The lowest BCUT2D eigenvalue weighted by Gasteiger charge is -2.20. The lowest BCUT2D eigenvalue weighted by Crippen LogP contribution is -2.37. The SMILES string of the molecule is Cc1ccc(CN(C)C(=O)CN2CC(C)C(C(=O)O)C2)o1. The van der Waals surface area contributed by atoms with Gasteiger partial charge < -0.3 is 14.4 Å². The summed E-state index contributed by atoms with van der Waals surface area (Å²) in [6.45, 7) is 5.55. The Balaban J connectivity index is 1.85. The molecule has 0 bridgehead atoms. The lowest BCUT2D eigenvalue weighted by atomic mass is 9.99. The number of hydrogen-bond acceptors (Lipinski definition) is 4. The Hall–Kier alpha value is -1.82.